The van der Waals surface area contributed by atoms with Crippen molar-refractivity contribution in [2.45, 2.75) is 39.3 Å². The molecule has 0 radical (unpaired) electrons. The third-order valence-electron chi connectivity index (χ3n) is 5.07. The van der Waals surface area contributed by atoms with Gasteiger partial charge < -0.3 is 10.1 Å². The molecule has 1 amide bonds. The molecule has 2 aromatic carbocycles. The van der Waals surface area contributed by atoms with Gasteiger partial charge in [-0.25, -0.2) is 0 Å². The van der Waals surface area contributed by atoms with Crippen molar-refractivity contribution >= 4 is 11.7 Å². The molecule has 1 fully saturated rings. The average molecular weight is 380 g/mol. The highest BCUT2D eigenvalue weighted by Gasteiger charge is 2.13. The second kappa shape index (κ2) is 10.0. The van der Waals surface area contributed by atoms with Crippen LogP contribution >= 0.6 is 0 Å². The molecule has 0 aromatic heterocycles. The first-order chi connectivity index (χ1) is 13.6. The van der Waals surface area contributed by atoms with Gasteiger partial charge in [0, 0.05) is 18.7 Å². The first-order valence-corrected chi connectivity index (χ1v) is 9.91. The van der Waals surface area contributed by atoms with E-state index in [0.29, 0.717) is 17.9 Å². The second-order valence-electron chi connectivity index (χ2n) is 7.25. The van der Waals surface area contributed by atoms with Crippen LogP contribution in [0.25, 0.3) is 0 Å². The number of nitrogens with zero attached hydrogens (tertiary/aromatic N) is 1. The molecule has 1 aliphatic heterocycles. The summed E-state index contributed by atoms with van der Waals surface area (Å²) < 4.78 is 5.51. The van der Waals surface area contributed by atoms with Crippen molar-refractivity contribution in [3.05, 3.63) is 65.2 Å². The number of hydrogen-bond acceptors (Lipinski definition) is 4. The van der Waals surface area contributed by atoms with Crippen molar-refractivity contribution in [2.75, 3.05) is 19.7 Å². The molecule has 1 N–H and O–H groups in total. The Hall–Kier alpha value is -2.66. The van der Waals surface area contributed by atoms with E-state index < -0.39 is 0 Å². The summed E-state index contributed by atoms with van der Waals surface area (Å²) in [4.78, 5) is 25.9. The minimum atomic E-state index is -0.163. The zero-order valence-corrected chi connectivity index (χ0v) is 16.4. The van der Waals surface area contributed by atoms with Gasteiger partial charge in [0.25, 0.3) is 5.91 Å². The number of rotatable bonds is 8. The number of likely N-dealkylation sites (tertiary alicyclic amines) is 1. The number of Topliss-reactive ketones (excluding diaryl/α,β-unsaturated/α-hetero) is 1. The predicted molar refractivity (Wildman–Crippen MR) is 109 cm³/mol. The van der Waals surface area contributed by atoms with Crippen molar-refractivity contribution in [3.63, 3.8) is 0 Å². The number of amides is 1. The van der Waals surface area contributed by atoms with Crippen LogP contribution in [0.15, 0.2) is 48.5 Å². The van der Waals surface area contributed by atoms with Crippen LogP contribution in [0.4, 0.5) is 0 Å². The van der Waals surface area contributed by atoms with Crippen molar-refractivity contribution in [1.29, 1.82) is 0 Å². The number of benzene rings is 2. The molecule has 2 aromatic rings. The van der Waals surface area contributed by atoms with Crippen LogP contribution in [-0.2, 0) is 17.9 Å². The molecule has 0 aliphatic carbocycles. The van der Waals surface area contributed by atoms with Crippen LogP contribution in [0.5, 0.6) is 5.75 Å². The monoisotopic (exact) mass is 380 g/mol. The predicted octanol–water partition coefficient (Wildman–Crippen LogP) is 3.57. The molecule has 3 rings (SSSR count). The van der Waals surface area contributed by atoms with E-state index in [0.717, 1.165) is 25.2 Å². The number of ether oxygens (including phenoxy) is 1. The summed E-state index contributed by atoms with van der Waals surface area (Å²) in [6, 6.07) is 15.1. The normalized spacial score (nSPS) is 14.5. The largest absolute Gasteiger partial charge is 0.484 e. The third-order valence-corrected chi connectivity index (χ3v) is 5.07. The molecule has 0 spiro atoms. The summed E-state index contributed by atoms with van der Waals surface area (Å²) >= 11 is 0. The Morgan fingerprint density at radius 1 is 0.964 bits per heavy atom. The van der Waals surface area contributed by atoms with Crippen molar-refractivity contribution in [3.8, 4) is 5.75 Å². The lowest BCUT2D eigenvalue weighted by Gasteiger charge is -2.27. The Bertz CT molecular complexity index is 796. The van der Waals surface area contributed by atoms with Gasteiger partial charge in [0.15, 0.2) is 12.4 Å². The van der Waals surface area contributed by atoms with Gasteiger partial charge in [-0.3, -0.25) is 14.5 Å². The molecule has 0 bridgehead atoms. The van der Waals surface area contributed by atoms with Gasteiger partial charge in [-0.05, 0) is 68.2 Å². The minimum Gasteiger partial charge on any atom is -0.484 e. The van der Waals surface area contributed by atoms with E-state index in [4.69, 9.17) is 4.74 Å². The Kier molecular flexibility index (Phi) is 7.20. The highest BCUT2D eigenvalue weighted by atomic mass is 16.5. The van der Waals surface area contributed by atoms with Crippen LogP contribution in [0.1, 0.15) is 47.7 Å². The standard InChI is InChI=1S/C23H28N2O3/c1-18(26)19-9-11-22(12-10-19)28-17-23(27)24-15-20-7-3-4-8-21(20)16-25-13-5-2-6-14-25/h3-4,7-12H,2,5-6,13-17H2,1H3,(H,24,27). The molecule has 1 aliphatic rings. The number of hydrogen-bond donors (Lipinski definition) is 1. The lowest BCUT2D eigenvalue weighted by Crippen LogP contribution is -2.31. The summed E-state index contributed by atoms with van der Waals surface area (Å²) in [7, 11) is 0. The maximum absolute atomic E-state index is 12.2. The third kappa shape index (κ3) is 5.92. The van der Waals surface area contributed by atoms with E-state index >= 15 is 0 Å². The zero-order valence-electron chi connectivity index (χ0n) is 16.4. The van der Waals surface area contributed by atoms with Crippen molar-refractivity contribution in [2.24, 2.45) is 0 Å². The van der Waals surface area contributed by atoms with Gasteiger partial charge in [0.05, 0.1) is 0 Å². The second-order valence-corrected chi connectivity index (χ2v) is 7.25. The average Bonchev–Trinajstić information content (AvgIpc) is 2.72. The maximum atomic E-state index is 12.2. The quantitative estimate of drug-likeness (QED) is 0.712. The molecule has 0 saturated carbocycles. The van der Waals surface area contributed by atoms with E-state index in [1.54, 1.807) is 24.3 Å². The Morgan fingerprint density at radius 2 is 1.64 bits per heavy atom. The molecule has 1 saturated heterocycles. The van der Waals surface area contributed by atoms with E-state index in [9.17, 15) is 9.59 Å². The van der Waals surface area contributed by atoms with Gasteiger partial charge in [0.1, 0.15) is 5.75 Å². The maximum Gasteiger partial charge on any atom is 0.258 e. The smallest absolute Gasteiger partial charge is 0.258 e. The first-order valence-electron chi connectivity index (χ1n) is 9.91. The van der Waals surface area contributed by atoms with Gasteiger partial charge in [-0.2, -0.15) is 0 Å². The molecule has 5 heteroatoms. The molecule has 5 nitrogen and oxygen atoms in total. The molecule has 148 valence electrons. The lowest BCUT2D eigenvalue weighted by molar-refractivity contribution is -0.123. The number of nitrogens with one attached hydrogen (secondary N) is 1. The number of carbonyl (C=O) groups is 2. The van der Waals surface area contributed by atoms with E-state index in [1.807, 2.05) is 6.07 Å². The molecule has 0 unspecified atom stereocenters. The van der Waals surface area contributed by atoms with Crippen molar-refractivity contribution < 1.29 is 14.3 Å². The summed E-state index contributed by atoms with van der Waals surface area (Å²) in [5.74, 6) is 0.418. The van der Waals surface area contributed by atoms with E-state index in [-0.39, 0.29) is 18.3 Å². The summed E-state index contributed by atoms with van der Waals surface area (Å²) in [5.41, 5.74) is 3.04. The fourth-order valence-electron chi connectivity index (χ4n) is 3.42. The van der Waals surface area contributed by atoms with Crippen LogP contribution in [0.2, 0.25) is 0 Å². The van der Waals surface area contributed by atoms with Crippen LogP contribution in [0.3, 0.4) is 0 Å². The Labute approximate surface area is 166 Å². The fourth-order valence-corrected chi connectivity index (χ4v) is 3.42. The molecular formula is C23H28N2O3. The minimum absolute atomic E-state index is 0.00696. The molecule has 1 heterocycles. The zero-order chi connectivity index (χ0) is 19.8. The van der Waals surface area contributed by atoms with Crippen LogP contribution in [0, 0.1) is 0 Å². The highest BCUT2D eigenvalue weighted by molar-refractivity contribution is 5.94. The molecule has 28 heavy (non-hydrogen) atoms. The summed E-state index contributed by atoms with van der Waals surface area (Å²) in [6.07, 6.45) is 3.86. The van der Waals surface area contributed by atoms with E-state index in [1.165, 1.54) is 31.7 Å². The summed E-state index contributed by atoms with van der Waals surface area (Å²) in [6.45, 7) is 5.20. The van der Waals surface area contributed by atoms with Crippen LogP contribution in [-0.4, -0.2) is 36.3 Å². The highest BCUT2D eigenvalue weighted by Crippen LogP contribution is 2.16. The fraction of sp³-hybridized carbons (Fsp3) is 0.391. The Balaban J connectivity index is 1.48. The Morgan fingerprint density at radius 3 is 2.32 bits per heavy atom. The summed E-state index contributed by atoms with van der Waals surface area (Å²) in [5, 5.41) is 2.94. The number of carbonyl (C=O) groups excluding carboxylic acids is 2. The number of piperidine rings is 1. The van der Waals surface area contributed by atoms with E-state index in [2.05, 4.69) is 28.4 Å². The number of ketones is 1. The van der Waals surface area contributed by atoms with Gasteiger partial charge in [-0.1, -0.05) is 30.7 Å². The van der Waals surface area contributed by atoms with Crippen molar-refractivity contribution in [1.82, 2.24) is 10.2 Å². The van der Waals surface area contributed by atoms with Gasteiger partial charge >= 0.3 is 0 Å². The van der Waals surface area contributed by atoms with Gasteiger partial charge in [0.2, 0.25) is 0 Å². The topological polar surface area (TPSA) is 58.6 Å². The molecular weight excluding hydrogens is 352 g/mol. The van der Waals surface area contributed by atoms with Gasteiger partial charge in [-0.15, -0.1) is 0 Å². The molecule has 0 atom stereocenters. The first kappa shape index (κ1) is 20.1. The lowest BCUT2D eigenvalue weighted by atomic mass is 10.0. The van der Waals surface area contributed by atoms with Crippen LogP contribution < -0.4 is 10.1 Å². The SMILES string of the molecule is CC(=O)c1ccc(OCC(=O)NCc2ccccc2CN2CCCCC2)cc1.